The van der Waals surface area contributed by atoms with E-state index >= 15 is 0 Å². The van der Waals surface area contributed by atoms with Gasteiger partial charge in [-0.3, -0.25) is 4.99 Å². The molecule has 25 heavy (non-hydrogen) atoms. The van der Waals surface area contributed by atoms with E-state index in [-0.39, 0.29) is 0 Å². The second-order valence-corrected chi connectivity index (χ2v) is 6.89. The Bertz CT molecular complexity index is 518. The van der Waals surface area contributed by atoms with Crippen molar-refractivity contribution in [3.8, 4) is 0 Å². The zero-order valence-corrected chi connectivity index (χ0v) is 15.5. The first kappa shape index (κ1) is 18.0. The normalized spacial score (nSPS) is 19.5. The van der Waals surface area contributed by atoms with Crippen LogP contribution in [0.1, 0.15) is 25.7 Å². The summed E-state index contributed by atoms with van der Waals surface area (Å²) in [6, 6.07) is 6.11. The highest BCUT2D eigenvalue weighted by atomic mass is 15.4. The van der Waals surface area contributed by atoms with Crippen LogP contribution in [-0.2, 0) is 0 Å². The Morgan fingerprint density at radius 3 is 2.56 bits per heavy atom. The van der Waals surface area contributed by atoms with Gasteiger partial charge in [-0.2, -0.15) is 0 Å². The van der Waals surface area contributed by atoms with E-state index in [1.165, 1.54) is 45.3 Å². The molecule has 0 unspecified atom stereocenters. The van der Waals surface area contributed by atoms with E-state index in [0.29, 0.717) is 0 Å². The predicted molar refractivity (Wildman–Crippen MR) is 104 cm³/mol. The summed E-state index contributed by atoms with van der Waals surface area (Å²) in [4.78, 5) is 16.2. The lowest BCUT2D eigenvalue weighted by atomic mass is 10.3. The Morgan fingerprint density at radius 2 is 1.88 bits per heavy atom. The lowest BCUT2D eigenvalue weighted by Gasteiger charge is -2.37. The quantitative estimate of drug-likeness (QED) is 0.483. The zero-order chi connectivity index (χ0) is 17.3. The SMILES string of the molecule is CN=C(NCCCCN1CCCC1)N1CCN(c2ccccn2)CC1. The maximum atomic E-state index is 4.47. The van der Waals surface area contributed by atoms with Crippen LogP contribution in [-0.4, -0.2) is 80.1 Å². The lowest BCUT2D eigenvalue weighted by Crippen LogP contribution is -2.52. The maximum Gasteiger partial charge on any atom is 0.193 e. The van der Waals surface area contributed by atoms with Crippen LogP contribution in [0.4, 0.5) is 5.82 Å². The molecule has 2 aliphatic heterocycles. The predicted octanol–water partition coefficient (Wildman–Crippen LogP) is 1.66. The van der Waals surface area contributed by atoms with Gasteiger partial charge >= 0.3 is 0 Å². The summed E-state index contributed by atoms with van der Waals surface area (Å²) in [5.74, 6) is 2.12. The third-order valence-corrected chi connectivity index (χ3v) is 5.15. The van der Waals surface area contributed by atoms with Gasteiger partial charge < -0.3 is 20.0 Å². The number of aliphatic imine (C=N–C) groups is 1. The molecular weight excluding hydrogens is 312 g/mol. The summed E-state index contributed by atoms with van der Waals surface area (Å²) in [7, 11) is 1.89. The van der Waals surface area contributed by atoms with E-state index in [1.807, 2.05) is 19.3 Å². The summed E-state index contributed by atoms with van der Waals surface area (Å²) >= 11 is 0. The molecule has 0 bridgehead atoms. The Morgan fingerprint density at radius 1 is 1.08 bits per heavy atom. The van der Waals surface area contributed by atoms with Crippen molar-refractivity contribution in [3.05, 3.63) is 24.4 Å². The average Bonchev–Trinajstić information content (AvgIpc) is 3.19. The third-order valence-electron chi connectivity index (χ3n) is 5.15. The van der Waals surface area contributed by atoms with Crippen LogP contribution in [0.5, 0.6) is 0 Å². The van der Waals surface area contributed by atoms with Crippen molar-refractivity contribution in [1.82, 2.24) is 20.1 Å². The number of anilines is 1. The smallest absolute Gasteiger partial charge is 0.193 e. The van der Waals surface area contributed by atoms with Crippen molar-refractivity contribution in [2.75, 3.05) is 64.3 Å². The van der Waals surface area contributed by atoms with Gasteiger partial charge in [-0.05, 0) is 57.5 Å². The number of hydrogen-bond acceptors (Lipinski definition) is 4. The Balaban J connectivity index is 1.34. The number of pyridine rings is 1. The van der Waals surface area contributed by atoms with E-state index in [2.05, 4.69) is 42.1 Å². The number of aromatic nitrogens is 1. The van der Waals surface area contributed by atoms with Gasteiger partial charge in [0.1, 0.15) is 5.82 Å². The minimum Gasteiger partial charge on any atom is -0.356 e. The minimum atomic E-state index is 0.990. The van der Waals surface area contributed by atoms with Crippen molar-refractivity contribution in [3.63, 3.8) is 0 Å². The molecule has 2 fully saturated rings. The topological polar surface area (TPSA) is 47.0 Å². The standard InChI is InChI=1S/C19H32N6/c1-20-19(22-10-4-5-11-23-12-6-7-13-23)25-16-14-24(15-17-25)18-8-2-3-9-21-18/h2-3,8-9H,4-7,10-17H2,1H3,(H,20,22). The summed E-state index contributed by atoms with van der Waals surface area (Å²) in [6.07, 6.45) is 7.12. The summed E-state index contributed by atoms with van der Waals surface area (Å²) < 4.78 is 0. The van der Waals surface area contributed by atoms with Crippen molar-refractivity contribution < 1.29 is 0 Å². The molecule has 0 atom stereocenters. The highest BCUT2D eigenvalue weighted by molar-refractivity contribution is 5.80. The molecule has 0 radical (unpaired) electrons. The van der Waals surface area contributed by atoms with Gasteiger partial charge in [0, 0.05) is 46.0 Å². The summed E-state index contributed by atoms with van der Waals surface area (Å²) in [5.41, 5.74) is 0. The first-order valence-corrected chi connectivity index (χ1v) is 9.71. The lowest BCUT2D eigenvalue weighted by molar-refractivity contribution is 0.329. The van der Waals surface area contributed by atoms with Gasteiger partial charge in [-0.25, -0.2) is 4.98 Å². The molecule has 2 saturated heterocycles. The van der Waals surface area contributed by atoms with Gasteiger partial charge in [-0.1, -0.05) is 6.07 Å². The molecule has 3 heterocycles. The largest absolute Gasteiger partial charge is 0.356 e. The van der Waals surface area contributed by atoms with Crippen molar-refractivity contribution in [2.24, 2.45) is 4.99 Å². The molecule has 1 N–H and O–H groups in total. The first-order chi connectivity index (χ1) is 12.4. The van der Waals surface area contributed by atoms with Gasteiger partial charge in [0.05, 0.1) is 0 Å². The third kappa shape index (κ3) is 5.33. The Labute approximate surface area is 151 Å². The van der Waals surface area contributed by atoms with Crippen LogP contribution in [0.2, 0.25) is 0 Å². The van der Waals surface area contributed by atoms with Crippen LogP contribution in [0, 0.1) is 0 Å². The van der Waals surface area contributed by atoms with Gasteiger partial charge in [0.25, 0.3) is 0 Å². The van der Waals surface area contributed by atoms with Crippen LogP contribution < -0.4 is 10.2 Å². The summed E-state index contributed by atoms with van der Waals surface area (Å²) in [6.45, 7) is 8.84. The number of guanidine groups is 1. The maximum absolute atomic E-state index is 4.47. The number of nitrogens with zero attached hydrogens (tertiary/aromatic N) is 5. The molecule has 6 heteroatoms. The van der Waals surface area contributed by atoms with Gasteiger partial charge in [0.2, 0.25) is 0 Å². The fraction of sp³-hybridized carbons (Fsp3) is 0.684. The van der Waals surface area contributed by atoms with E-state index in [9.17, 15) is 0 Å². The zero-order valence-electron chi connectivity index (χ0n) is 15.5. The molecule has 1 aromatic heterocycles. The number of unbranched alkanes of at least 4 members (excludes halogenated alkanes) is 1. The molecule has 138 valence electrons. The van der Waals surface area contributed by atoms with Crippen molar-refractivity contribution in [2.45, 2.75) is 25.7 Å². The average molecular weight is 345 g/mol. The molecule has 0 amide bonds. The molecule has 6 nitrogen and oxygen atoms in total. The monoisotopic (exact) mass is 344 g/mol. The van der Waals surface area contributed by atoms with E-state index in [4.69, 9.17) is 0 Å². The second-order valence-electron chi connectivity index (χ2n) is 6.89. The molecule has 0 spiro atoms. The van der Waals surface area contributed by atoms with E-state index in [1.54, 1.807) is 0 Å². The molecule has 1 aromatic rings. The fourth-order valence-corrected chi connectivity index (χ4v) is 3.69. The number of likely N-dealkylation sites (tertiary alicyclic amines) is 1. The van der Waals surface area contributed by atoms with Crippen molar-refractivity contribution >= 4 is 11.8 Å². The molecular formula is C19H32N6. The highest BCUT2D eigenvalue weighted by Crippen LogP contribution is 2.12. The first-order valence-electron chi connectivity index (χ1n) is 9.71. The number of rotatable bonds is 6. The van der Waals surface area contributed by atoms with Gasteiger partial charge in [0.15, 0.2) is 5.96 Å². The highest BCUT2D eigenvalue weighted by Gasteiger charge is 2.20. The molecule has 0 saturated carbocycles. The second kappa shape index (κ2) is 9.61. The van der Waals surface area contributed by atoms with Crippen LogP contribution in [0.3, 0.4) is 0 Å². The van der Waals surface area contributed by atoms with Crippen LogP contribution >= 0.6 is 0 Å². The Hall–Kier alpha value is -1.82. The summed E-state index contributed by atoms with van der Waals surface area (Å²) in [5, 5.41) is 3.54. The molecule has 0 aromatic carbocycles. The number of piperazine rings is 1. The fourth-order valence-electron chi connectivity index (χ4n) is 3.69. The number of hydrogen-bond donors (Lipinski definition) is 1. The molecule has 0 aliphatic carbocycles. The van der Waals surface area contributed by atoms with Crippen molar-refractivity contribution in [1.29, 1.82) is 0 Å². The molecule has 2 aliphatic rings. The van der Waals surface area contributed by atoms with E-state index < -0.39 is 0 Å². The Kier molecular flexibility index (Phi) is 6.91. The van der Waals surface area contributed by atoms with Crippen LogP contribution in [0.15, 0.2) is 29.4 Å². The van der Waals surface area contributed by atoms with Gasteiger partial charge in [-0.15, -0.1) is 0 Å². The number of nitrogens with one attached hydrogen (secondary N) is 1. The van der Waals surface area contributed by atoms with Crippen LogP contribution in [0.25, 0.3) is 0 Å². The molecule has 3 rings (SSSR count). The van der Waals surface area contributed by atoms with E-state index in [0.717, 1.165) is 44.5 Å². The minimum absolute atomic E-state index is 0.990.